The van der Waals surface area contributed by atoms with E-state index >= 15 is 0 Å². The SMILES string of the molecule is CC(=O)c1ccc(Br)c2ncnn12. The molecule has 66 valence electrons. The minimum absolute atomic E-state index is 0.0250. The first-order valence-corrected chi connectivity index (χ1v) is 4.48. The van der Waals surface area contributed by atoms with Gasteiger partial charge >= 0.3 is 0 Å². The van der Waals surface area contributed by atoms with E-state index in [0.29, 0.717) is 11.3 Å². The lowest BCUT2D eigenvalue weighted by atomic mass is 10.3. The molecule has 0 radical (unpaired) electrons. The van der Waals surface area contributed by atoms with Crippen molar-refractivity contribution in [3.63, 3.8) is 0 Å². The molecule has 0 spiro atoms. The average Bonchev–Trinajstić information content (AvgIpc) is 2.53. The van der Waals surface area contributed by atoms with Gasteiger partial charge in [0, 0.05) is 6.92 Å². The number of nitrogens with zero attached hydrogens (tertiary/aromatic N) is 3. The molecule has 0 N–H and O–H groups in total. The molecule has 5 heteroatoms. The fraction of sp³-hybridized carbons (Fsp3) is 0.125. The Balaban J connectivity index is 2.86. The Hall–Kier alpha value is -1.23. The Morgan fingerprint density at radius 1 is 1.54 bits per heavy atom. The van der Waals surface area contributed by atoms with Crippen LogP contribution in [0.3, 0.4) is 0 Å². The third-order valence-corrected chi connectivity index (χ3v) is 2.36. The summed E-state index contributed by atoms with van der Waals surface area (Å²) in [4.78, 5) is 15.2. The molecule has 0 aromatic carbocycles. The number of ketones is 1. The molecule has 0 saturated heterocycles. The van der Waals surface area contributed by atoms with Gasteiger partial charge in [-0.25, -0.2) is 9.50 Å². The molecule has 13 heavy (non-hydrogen) atoms. The molecule has 2 rings (SSSR count). The summed E-state index contributed by atoms with van der Waals surface area (Å²) >= 11 is 3.32. The van der Waals surface area contributed by atoms with Crippen molar-refractivity contribution in [1.29, 1.82) is 0 Å². The summed E-state index contributed by atoms with van der Waals surface area (Å²) in [7, 11) is 0. The first-order valence-electron chi connectivity index (χ1n) is 3.69. The third-order valence-electron chi connectivity index (χ3n) is 1.74. The number of aromatic nitrogens is 3. The Morgan fingerprint density at radius 3 is 3.00 bits per heavy atom. The molecular weight excluding hydrogens is 234 g/mol. The molecule has 0 aliphatic carbocycles. The number of carbonyl (C=O) groups excluding carboxylic acids is 1. The van der Waals surface area contributed by atoms with Crippen LogP contribution in [0.15, 0.2) is 22.9 Å². The highest BCUT2D eigenvalue weighted by Gasteiger charge is 2.08. The summed E-state index contributed by atoms with van der Waals surface area (Å²) in [5, 5.41) is 3.96. The molecule has 0 aliphatic rings. The molecule has 0 atom stereocenters. The molecule has 2 heterocycles. The molecule has 4 nitrogen and oxygen atoms in total. The van der Waals surface area contributed by atoms with E-state index in [4.69, 9.17) is 0 Å². The van der Waals surface area contributed by atoms with Gasteiger partial charge in [-0.05, 0) is 28.1 Å². The maximum Gasteiger partial charge on any atom is 0.178 e. The van der Waals surface area contributed by atoms with Crippen LogP contribution < -0.4 is 0 Å². The molecule has 0 saturated carbocycles. The molecule has 0 aliphatic heterocycles. The summed E-state index contributed by atoms with van der Waals surface area (Å²) in [6, 6.07) is 3.51. The topological polar surface area (TPSA) is 47.3 Å². The molecular formula is C8H6BrN3O. The number of pyridine rings is 1. The van der Waals surface area contributed by atoms with Crippen LogP contribution in [0, 0.1) is 0 Å². The summed E-state index contributed by atoms with van der Waals surface area (Å²) in [6.45, 7) is 1.50. The van der Waals surface area contributed by atoms with Crippen LogP contribution >= 0.6 is 15.9 Å². The quantitative estimate of drug-likeness (QED) is 0.712. The van der Waals surface area contributed by atoms with E-state index in [1.807, 2.05) is 0 Å². The maximum absolute atomic E-state index is 11.2. The second kappa shape index (κ2) is 2.92. The minimum Gasteiger partial charge on any atom is -0.293 e. The highest BCUT2D eigenvalue weighted by molar-refractivity contribution is 9.10. The van der Waals surface area contributed by atoms with E-state index in [0.717, 1.165) is 4.47 Å². The van der Waals surface area contributed by atoms with Gasteiger partial charge in [0.25, 0.3) is 0 Å². The monoisotopic (exact) mass is 239 g/mol. The summed E-state index contributed by atoms with van der Waals surface area (Å²) in [6.07, 6.45) is 1.42. The van der Waals surface area contributed by atoms with Crippen LogP contribution in [0.4, 0.5) is 0 Å². The third kappa shape index (κ3) is 1.25. The summed E-state index contributed by atoms with van der Waals surface area (Å²) < 4.78 is 2.35. The highest BCUT2D eigenvalue weighted by Crippen LogP contribution is 2.16. The second-order valence-electron chi connectivity index (χ2n) is 2.62. The highest BCUT2D eigenvalue weighted by atomic mass is 79.9. The van der Waals surface area contributed by atoms with Crippen molar-refractivity contribution in [3.8, 4) is 0 Å². The molecule has 0 unspecified atom stereocenters. The van der Waals surface area contributed by atoms with Crippen LogP contribution in [0.1, 0.15) is 17.4 Å². The maximum atomic E-state index is 11.2. The molecule has 0 fully saturated rings. The smallest absolute Gasteiger partial charge is 0.178 e. The number of fused-ring (bicyclic) bond motifs is 1. The Bertz CT molecular complexity index is 477. The van der Waals surface area contributed by atoms with E-state index in [-0.39, 0.29) is 5.78 Å². The number of carbonyl (C=O) groups is 1. The lowest BCUT2D eigenvalue weighted by molar-refractivity contribution is 0.101. The molecule has 2 aromatic heterocycles. The van der Waals surface area contributed by atoms with Crippen molar-refractivity contribution >= 4 is 27.4 Å². The number of halogens is 1. The van der Waals surface area contributed by atoms with Gasteiger partial charge in [-0.15, -0.1) is 0 Å². The van der Waals surface area contributed by atoms with Gasteiger partial charge in [-0.2, -0.15) is 5.10 Å². The van der Waals surface area contributed by atoms with Crippen molar-refractivity contribution in [2.75, 3.05) is 0 Å². The number of rotatable bonds is 1. The number of hydrogen-bond donors (Lipinski definition) is 0. The van der Waals surface area contributed by atoms with Crippen LogP contribution in [0.5, 0.6) is 0 Å². The van der Waals surface area contributed by atoms with E-state index in [1.165, 1.54) is 17.8 Å². The van der Waals surface area contributed by atoms with Crippen LogP contribution in [-0.4, -0.2) is 20.4 Å². The molecule has 0 bridgehead atoms. The zero-order valence-electron chi connectivity index (χ0n) is 6.86. The van der Waals surface area contributed by atoms with E-state index in [1.54, 1.807) is 12.1 Å². The lowest BCUT2D eigenvalue weighted by Gasteiger charge is -2.00. The molecule has 2 aromatic rings. The zero-order chi connectivity index (χ0) is 9.42. The second-order valence-corrected chi connectivity index (χ2v) is 3.47. The largest absolute Gasteiger partial charge is 0.293 e. The standard InChI is InChI=1S/C8H6BrN3O/c1-5(13)7-3-2-6(9)8-10-4-11-12(7)8/h2-4H,1H3. The fourth-order valence-electron chi connectivity index (χ4n) is 1.14. The first kappa shape index (κ1) is 8.37. The van der Waals surface area contributed by atoms with E-state index in [9.17, 15) is 4.79 Å². The van der Waals surface area contributed by atoms with Gasteiger partial charge in [-0.3, -0.25) is 4.79 Å². The van der Waals surface area contributed by atoms with Crippen LogP contribution in [0.2, 0.25) is 0 Å². The zero-order valence-corrected chi connectivity index (χ0v) is 8.45. The van der Waals surface area contributed by atoms with Crippen molar-refractivity contribution in [3.05, 3.63) is 28.6 Å². The van der Waals surface area contributed by atoms with E-state index in [2.05, 4.69) is 26.0 Å². The summed E-state index contributed by atoms with van der Waals surface area (Å²) in [5.41, 5.74) is 1.20. The predicted octanol–water partition coefficient (Wildman–Crippen LogP) is 1.69. The van der Waals surface area contributed by atoms with Gasteiger partial charge in [-0.1, -0.05) is 0 Å². The Kier molecular flexibility index (Phi) is 1.88. The van der Waals surface area contributed by atoms with Gasteiger partial charge in [0.2, 0.25) is 0 Å². The number of hydrogen-bond acceptors (Lipinski definition) is 3. The molecule has 0 amide bonds. The van der Waals surface area contributed by atoms with Gasteiger partial charge in [0.1, 0.15) is 12.0 Å². The van der Waals surface area contributed by atoms with Crippen LogP contribution in [-0.2, 0) is 0 Å². The normalized spacial score (nSPS) is 10.6. The van der Waals surface area contributed by atoms with Crippen molar-refractivity contribution < 1.29 is 4.79 Å². The predicted molar refractivity (Wildman–Crippen MR) is 50.7 cm³/mol. The van der Waals surface area contributed by atoms with Gasteiger partial charge in [0.05, 0.1) is 4.47 Å². The Labute approximate surface area is 82.7 Å². The fourth-order valence-corrected chi connectivity index (χ4v) is 1.55. The summed E-state index contributed by atoms with van der Waals surface area (Å²) in [5.74, 6) is -0.0250. The first-order chi connectivity index (χ1) is 6.20. The lowest BCUT2D eigenvalue weighted by Crippen LogP contribution is -2.03. The van der Waals surface area contributed by atoms with E-state index < -0.39 is 0 Å². The van der Waals surface area contributed by atoms with Crippen molar-refractivity contribution in [1.82, 2.24) is 14.6 Å². The van der Waals surface area contributed by atoms with Gasteiger partial charge < -0.3 is 0 Å². The van der Waals surface area contributed by atoms with Crippen molar-refractivity contribution in [2.24, 2.45) is 0 Å². The number of Topliss-reactive ketones (excluding diaryl/α,β-unsaturated/α-hetero) is 1. The average molecular weight is 240 g/mol. The minimum atomic E-state index is -0.0250. The van der Waals surface area contributed by atoms with Crippen LogP contribution in [0.25, 0.3) is 5.65 Å². The van der Waals surface area contributed by atoms with Crippen molar-refractivity contribution in [2.45, 2.75) is 6.92 Å². The van der Waals surface area contributed by atoms with Gasteiger partial charge in [0.15, 0.2) is 11.4 Å². The Morgan fingerprint density at radius 2 is 2.31 bits per heavy atom.